The fourth-order valence-electron chi connectivity index (χ4n) is 4.51. The zero-order valence-corrected chi connectivity index (χ0v) is 23.2. The summed E-state index contributed by atoms with van der Waals surface area (Å²) in [7, 11) is 0. The number of aliphatic hydroxyl groups excluding tert-OH is 2. The van der Waals surface area contributed by atoms with E-state index in [1.807, 2.05) is 6.92 Å². The highest BCUT2D eigenvalue weighted by Crippen LogP contribution is 2.20. The maximum atomic E-state index is 12.3. The standard InChI is InChI=1S/C29H59NO4/c1-5-8-10-12-13-16-20-27(19-15-11-9-6-2)25-34-29(33)21-17-14-18-22-30(23-26(4)31)24-28(32)7-3/h26-28,31-32H,5-25H2,1-4H3. The van der Waals surface area contributed by atoms with Crippen LogP contribution in [0, 0.1) is 5.92 Å². The number of hydrogen-bond acceptors (Lipinski definition) is 5. The topological polar surface area (TPSA) is 70.0 Å². The van der Waals surface area contributed by atoms with Gasteiger partial charge in [0.05, 0.1) is 18.8 Å². The molecule has 34 heavy (non-hydrogen) atoms. The van der Waals surface area contributed by atoms with E-state index in [0.717, 1.165) is 32.2 Å². The summed E-state index contributed by atoms with van der Waals surface area (Å²) < 4.78 is 5.69. The molecule has 0 radical (unpaired) electrons. The van der Waals surface area contributed by atoms with Gasteiger partial charge in [0.1, 0.15) is 0 Å². The monoisotopic (exact) mass is 485 g/mol. The van der Waals surface area contributed by atoms with Crippen LogP contribution in [0.4, 0.5) is 0 Å². The van der Waals surface area contributed by atoms with Gasteiger partial charge in [0.15, 0.2) is 0 Å². The minimum absolute atomic E-state index is 0.0521. The van der Waals surface area contributed by atoms with E-state index in [0.29, 0.717) is 32.0 Å². The number of rotatable bonds is 25. The van der Waals surface area contributed by atoms with Crippen LogP contribution in [0.1, 0.15) is 137 Å². The van der Waals surface area contributed by atoms with Crippen molar-refractivity contribution in [2.45, 2.75) is 149 Å². The van der Waals surface area contributed by atoms with Crippen molar-refractivity contribution in [1.29, 1.82) is 0 Å². The molecule has 3 unspecified atom stereocenters. The molecule has 5 nitrogen and oxygen atoms in total. The van der Waals surface area contributed by atoms with Crippen LogP contribution < -0.4 is 0 Å². The van der Waals surface area contributed by atoms with E-state index < -0.39 is 6.10 Å². The Labute approximate surface area is 212 Å². The Morgan fingerprint density at radius 2 is 1.32 bits per heavy atom. The number of hydrogen-bond donors (Lipinski definition) is 2. The van der Waals surface area contributed by atoms with Gasteiger partial charge in [0, 0.05) is 19.5 Å². The zero-order valence-electron chi connectivity index (χ0n) is 23.2. The summed E-state index contributed by atoms with van der Waals surface area (Å²) in [4.78, 5) is 14.4. The van der Waals surface area contributed by atoms with Gasteiger partial charge >= 0.3 is 5.97 Å². The molecule has 5 heteroatoms. The minimum Gasteiger partial charge on any atom is -0.465 e. The Morgan fingerprint density at radius 3 is 1.91 bits per heavy atom. The first-order chi connectivity index (χ1) is 16.4. The Hall–Kier alpha value is -0.650. The van der Waals surface area contributed by atoms with E-state index in [4.69, 9.17) is 4.74 Å². The van der Waals surface area contributed by atoms with Gasteiger partial charge in [-0.3, -0.25) is 9.69 Å². The van der Waals surface area contributed by atoms with Gasteiger partial charge in [-0.25, -0.2) is 0 Å². The fraction of sp³-hybridized carbons (Fsp3) is 0.966. The molecule has 2 N–H and O–H groups in total. The minimum atomic E-state index is -0.398. The lowest BCUT2D eigenvalue weighted by Gasteiger charge is -2.25. The van der Waals surface area contributed by atoms with Crippen LogP contribution in [0.2, 0.25) is 0 Å². The van der Waals surface area contributed by atoms with Gasteiger partial charge in [-0.05, 0) is 51.5 Å². The maximum Gasteiger partial charge on any atom is 0.305 e. The lowest BCUT2D eigenvalue weighted by atomic mass is 9.95. The average molecular weight is 486 g/mol. The Bertz CT molecular complexity index is 444. The second-order valence-electron chi connectivity index (χ2n) is 10.4. The molecule has 0 saturated heterocycles. The maximum absolute atomic E-state index is 12.3. The summed E-state index contributed by atoms with van der Waals surface area (Å²) in [6, 6.07) is 0. The highest BCUT2D eigenvalue weighted by atomic mass is 16.5. The molecule has 0 aromatic rings. The zero-order chi connectivity index (χ0) is 25.4. The summed E-state index contributed by atoms with van der Waals surface area (Å²) >= 11 is 0. The summed E-state index contributed by atoms with van der Waals surface area (Å²) in [5.41, 5.74) is 0. The third-order valence-corrected chi connectivity index (χ3v) is 6.73. The third kappa shape index (κ3) is 21.9. The normalized spacial score (nSPS) is 14.3. The van der Waals surface area contributed by atoms with Crippen LogP contribution in [0.3, 0.4) is 0 Å². The second-order valence-corrected chi connectivity index (χ2v) is 10.4. The molecule has 0 fully saturated rings. The molecule has 0 bridgehead atoms. The third-order valence-electron chi connectivity index (χ3n) is 6.73. The van der Waals surface area contributed by atoms with Crippen molar-refractivity contribution >= 4 is 5.97 Å². The SMILES string of the molecule is CCCCCCCCC(CCCCCC)COC(=O)CCCCCN(CC(C)O)CC(O)CC. The molecule has 0 aliphatic heterocycles. The summed E-state index contributed by atoms with van der Waals surface area (Å²) in [6.45, 7) is 10.9. The first kappa shape index (κ1) is 33.4. The van der Waals surface area contributed by atoms with Crippen LogP contribution >= 0.6 is 0 Å². The largest absolute Gasteiger partial charge is 0.465 e. The van der Waals surface area contributed by atoms with Crippen LogP contribution in [-0.4, -0.2) is 59.5 Å². The molecule has 0 aromatic carbocycles. The quantitative estimate of drug-likeness (QED) is 0.109. The highest BCUT2D eigenvalue weighted by molar-refractivity contribution is 5.69. The Kier molecular flexibility index (Phi) is 23.6. The number of esters is 1. The van der Waals surface area contributed by atoms with E-state index in [-0.39, 0.29) is 12.1 Å². The molecule has 0 saturated carbocycles. The Morgan fingerprint density at radius 1 is 0.765 bits per heavy atom. The number of carbonyl (C=O) groups is 1. The Balaban J connectivity index is 4.14. The van der Waals surface area contributed by atoms with Gasteiger partial charge in [0.2, 0.25) is 0 Å². The van der Waals surface area contributed by atoms with E-state index in [1.54, 1.807) is 6.92 Å². The van der Waals surface area contributed by atoms with Crippen molar-refractivity contribution in [2.24, 2.45) is 5.92 Å². The molecule has 0 amide bonds. The van der Waals surface area contributed by atoms with Crippen molar-refractivity contribution in [2.75, 3.05) is 26.2 Å². The van der Waals surface area contributed by atoms with Gasteiger partial charge in [0.25, 0.3) is 0 Å². The average Bonchev–Trinajstić information content (AvgIpc) is 2.80. The van der Waals surface area contributed by atoms with Crippen molar-refractivity contribution in [3.05, 3.63) is 0 Å². The predicted molar refractivity (Wildman–Crippen MR) is 144 cm³/mol. The van der Waals surface area contributed by atoms with E-state index in [2.05, 4.69) is 18.7 Å². The molecular weight excluding hydrogens is 426 g/mol. The van der Waals surface area contributed by atoms with Crippen LogP contribution in [0.25, 0.3) is 0 Å². The molecule has 3 atom stereocenters. The number of ether oxygens (including phenoxy) is 1. The summed E-state index contributed by atoms with van der Waals surface area (Å²) in [6.07, 6.45) is 18.6. The number of carbonyl (C=O) groups excluding carboxylic acids is 1. The van der Waals surface area contributed by atoms with Gasteiger partial charge in [-0.1, -0.05) is 91.4 Å². The van der Waals surface area contributed by atoms with Gasteiger partial charge < -0.3 is 14.9 Å². The first-order valence-electron chi connectivity index (χ1n) is 14.7. The number of nitrogens with zero attached hydrogens (tertiary/aromatic N) is 1. The lowest BCUT2D eigenvalue weighted by Crippen LogP contribution is -2.37. The van der Waals surface area contributed by atoms with Crippen LogP contribution in [0.5, 0.6) is 0 Å². The molecule has 204 valence electrons. The second kappa shape index (κ2) is 24.1. The molecule has 0 rings (SSSR count). The first-order valence-corrected chi connectivity index (χ1v) is 14.7. The van der Waals surface area contributed by atoms with Crippen LogP contribution in [0.15, 0.2) is 0 Å². The van der Waals surface area contributed by atoms with E-state index in [9.17, 15) is 15.0 Å². The number of unbranched alkanes of at least 4 members (excludes halogenated alkanes) is 10. The smallest absolute Gasteiger partial charge is 0.305 e. The number of aliphatic hydroxyl groups is 2. The van der Waals surface area contributed by atoms with Crippen LogP contribution in [-0.2, 0) is 9.53 Å². The summed E-state index contributed by atoms with van der Waals surface area (Å²) in [5.74, 6) is 0.467. The van der Waals surface area contributed by atoms with Gasteiger partial charge in [-0.15, -0.1) is 0 Å². The predicted octanol–water partition coefficient (Wildman–Crippen LogP) is 6.88. The van der Waals surface area contributed by atoms with Crippen molar-refractivity contribution in [1.82, 2.24) is 4.90 Å². The van der Waals surface area contributed by atoms with Crippen molar-refractivity contribution in [3.63, 3.8) is 0 Å². The molecular formula is C29H59NO4. The van der Waals surface area contributed by atoms with Gasteiger partial charge in [-0.2, -0.15) is 0 Å². The van der Waals surface area contributed by atoms with Crippen molar-refractivity contribution in [3.8, 4) is 0 Å². The molecule has 0 aromatic heterocycles. The summed E-state index contributed by atoms with van der Waals surface area (Å²) in [5, 5.41) is 19.6. The van der Waals surface area contributed by atoms with Crippen molar-refractivity contribution < 1.29 is 19.7 Å². The fourth-order valence-corrected chi connectivity index (χ4v) is 4.51. The van der Waals surface area contributed by atoms with E-state index >= 15 is 0 Å². The molecule has 0 aliphatic rings. The van der Waals surface area contributed by atoms with E-state index in [1.165, 1.54) is 77.0 Å². The molecule has 0 heterocycles. The lowest BCUT2D eigenvalue weighted by molar-refractivity contribution is -0.145. The molecule has 0 spiro atoms. The molecule has 0 aliphatic carbocycles. The highest BCUT2D eigenvalue weighted by Gasteiger charge is 2.14.